The van der Waals surface area contributed by atoms with E-state index >= 15 is 0 Å². The lowest BCUT2D eigenvalue weighted by Crippen LogP contribution is -2.10. The quantitative estimate of drug-likeness (QED) is 0.744. The van der Waals surface area contributed by atoms with Gasteiger partial charge in [-0.2, -0.15) is 0 Å². The number of hydrogen-bond acceptors (Lipinski definition) is 4. The maximum atomic E-state index is 11.3. The SMILES string of the molecule is CCOC(=O)c1nc(Br)cnc1C. The van der Waals surface area contributed by atoms with E-state index in [-0.39, 0.29) is 5.69 Å². The Morgan fingerprint density at radius 3 is 3.00 bits per heavy atom. The van der Waals surface area contributed by atoms with Crippen molar-refractivity contribution in [1.29, 1.82) is 0 Å². The number of ether oxygens (including phenoxy) is 1. The molecule has 0 saturated carbocycles. The number of esters is 1. The van der Waals surface area contributed by atoms with E-state index in [1.807, 2.05) is 0 Å². The lowest BCUT2D eigenvalue weighted by molar-refractivity contribution is 0.0517. The van der Waals surface area contributed by atoms with Crippen LogP contribution in [0.4, 0.5) is 0 Å². The van der Waals surface area contributed by atoms with Gasteiger partial charge in [0.1, 0.15) is 4.60 Å². The smallest absolute Gasteiger partial charge is 0.358 e. The molecule has 0 unspecified atom stereocenters. The number of hydrogen-bond donors (Lipinski definition) is 0. The highest BCUT2D eigenvalue weighted by Gasteiger charge is 2.12. The van der Waals surface area contributed by atoms with Gasteiger partial charge in [-0.3, -0.25) is 4.98 Å². The lowest BCUT2D eigenvalue weighted by atomic mass is 10.3. The fourth-order valence-corrected chi connectivity index (χ4v) is 1.10. The van der Waals surface area contributed by atoms with Crippen molar-refractivity contribution in [3.63, 3.8) is 0 Å². The van der Waals surface area contributed by atoms with Crippen LogP contribution in [0.15, 0.2) is 10.8 Å². The molecule has 0 N–H and O–H groups in total. The second-order valence-corrected chi connectivity index (χ2v) is 3.16. The maximum absolute atomic E-state index is 11.3. The summed E-state index contributed by atoms with van der Waals surface area (Å²) in [6.07, 6.45) is 1.54. The molecule has 0 amide bonds. The predicted molar refractivity (Wildman–Crippen MR) is 50.4 cm³/mol. The van der Waals surface area contributed by atoms with E-state index in [4.69, 9.17) is 4.74 Å². The van der Waals surface area contributed by atoms with Crippen molar-refractivity contribution in [3.8, 4) is 0 Å². The van der Waals surface area contributed by atoms with Crippen LogP contribution in [0.1, 0.15) is 23.1 Å². The summed E-state index contributed by atoms with van der Waals surface area (Å²) in [5.41, 5.74) is 0.831. The van der Waals surface area contributed by atoms with Crippen LogP contribution in [0.5, 0.6) is 0 Å². The molecule has 0 aliphatic heterocycles. The van der Waals surface area contributed by atoms with Gasteiger partial charge in [-0.05, 0) is 29.8 Å². The van der Waals surface area contributed by atoms with Crippen LogP contribution in [-0.2, 0) is 4.74 Å². The number of carbonyl (C=O) groups excluding carboxylic acids is 1. The minimum atomic E-state index is -0.436. The van der Waals surface area contributed by atoms with Gasteiger partial charge in [0.05, 0.1) is 18.5 Å². The molecule has 13 heavy (non-hydrogen) atoms. The fourth-order valence-electron chi connectivity index (χ4n) is 0.821. The molecule has 1 rings (SSSR count). The maximum Gasteiger partial charge on any atom is 0.358 e. The first-order valence-corrected chi connectivity index (χ1v) is 4.60. The monoisotopic (exact) mass is 244 g/mol. The average Bonchev–Trinajstić information content (AvgIpc) is 2.09. The normalized spacial score (nSPS) is 9.77. The van der Waals surface area contributed by atoms with E-state index in [0.717, 1.165) is 0 Å². The van der Waals surface area contributed by atoms with Gasteiger partial charge in [0.2, 0.25) is 0 Å². The van der Waals surface area contributed by atoms with E-state index < -0.39 is 5.97 Å². The molecule has 1 heterocycles. The Morgan fingerprint density at radius 1 is 1.69 bits per heavy atom. The molecule has 0 aliphatic carbocycles. The topological polar surface area (TPSA) is 52.1 Å². The standard InChI is InChI=1S/C8H9BrN2O2/c1-3-13-8(12)7-5(2)10-4-6(9)11-7/h4H,3H2,1-2H3. The minimum absolute atomic E-state index is 0.260. The summed E-state index contributed by atoms with van der Waals surface area (Å²) >= 11 is 3.13. The van der Waals surface area contributed by atoms with E-state index in [1.165, 1.54) is 6.20 Å². The van der Waals surface area contributed by atoms with Gasteiger partial charge in [-0.1, -0.05) is 0 Å². The number of rotatable bonds is 2. The molecule has 0 aromatic carbocycles. The minimum Gasteiger partial charge on any atom is -0.461 e. The zero-order chi connectivity index (χ0) is 9.84. The number of aryl methyl sites for hydroxylation is 1. The molecule has 0 spiro atoms. The Morgan fingerprint density at radius 2 is 2.38 bits per heavy atom. The molecule has 0 atom stereocenters. The molecule has 0 radical (unpaired) electrons. The Bertz CT molecular complexity index is 328. The van der Waals surface area contributed by atoms with Gasteiger partial charge in [-0.15, -0.1) is 0 Å². The molecular weight excluding hydrogens is 236 g/mol. The molecular formula is C8H9BrN2O2. The van der Waals surface area contributed by atoms with Crippen molar-refractivity contribution >= 4 is 21.9 Å². The molecule has 5 heteroatoms. The van der Waals surface area contributed by atoms with E-state index in [9.17, 15) is 4.79 Å². The average molecular weight is 245 g/mol. The van der Waals surface area contributed by atoms with Crippen molar-refractivity contribution in [2.45, 2.75) is 13.8 Å². The van der Waals surface area contributed by atoms with Crippen molar-refractivity contribution in [2.75, 3.05) is 6.61 Å². The largest absolute Gasteiger partial charge is 0.461 e. The van der Waals surface area contributed by atoms with Gasteiger partial charge in [0.25, 0.3) is 0 Å². The highest BCUT2D eigenvalue weighted by atomic mass is 79.9. The lowest BCUT2D eigenvalue weighted by Gasteiger charge is -2.03. The second-order valence-electron chi connectivity index (χ2n) is 2.35. The predicted octanol–water partition coefficient (Wildman–Crippen LogP) is 1.72. The molecule has 4 nitrogen and oxygen atoms in total. The molecule has 0 bridgehead atoms. The van der Waals surface area contributed by atoms with Gasteiger partial charge in [0.15, 0.2) is 5.69 Å². The van der Waals surface area contributed by atoms with Crippen LogP contribution in [-0.4, -0.2) is 22.5 Å². The van der Waals surface area contributed by atoms with Gasteiger partial charge >= 0.3 is 5.97 Å². The van der Waals surface area contributed by atoms with Gasteiger partial charge < -0.3 is 4.74 Å². The molecule has 1 aromatic heterocycles. The van der Waals surface area contributed by atoms with Gasteiger partial charge in [0, 0.05) is 0 Å². The Balaban J connectivity index is 2.99. The third kappa shape index (κ3) is 2.48. The summed E-state index contributed by atoms with van der Waals surface area (Å²) in [5.74, 6) is -0.436. The van der Waals surface area contributed by atoms with Crippen LogP contribution in [0.2, 0.25) is 0 Å². The second kappa shape index (κ2) is 4.32. The van der Waals surface area contributed by atoms with E-state index in [2.05, 4.69) is 25.9 Å². The number of nitrogens with zero attached hydrogens (tertiary/aromatic N) is 2. The van der Waals surface area contributed by atoms with Crippen molar-refractivity contribution in [1.82, 2.24) is 9.97 Å². The molecule has 0 saturated heterocycles. The van der Waals surface area contributed by atoms with Crippen LogP contribution in [0, 0.1) is 6.92 Å². The summed E-state index contributed by atoms with van der Waals surface area (Å²) in [6.45, 7) is 3.80. The zero-order valence-corrected chi connectivity index (χ0v) is 8.96. The molecule has 1 aromatic rings. The van der Waals surface area contributed by atoms with Crippen LogP contribution >= 0.6 is 15.9 Å². The summed E-state index contributed by atoms with van der Waals surface area (Å²) in [6, 6.07) is 0. The van der Waals surface area contributed by atoms with Crippen LogP contribution in [0.25, 0.3) is 0 Å². The first-order chi connectivity index (χ1) is 6.15. The van der Waals surface area contributed by atoms with Crippen molar-refractivity contribution in [3.05, 3.63) is 22.2 Å². The number of aromatic nitrogens is 2. The van der Waals surface area contributed by atoms with Gasteiger partial charge in [-0.25, -0.2) is 9.78 Å². The van der Waals surface area contributed by atoms with E-state index in [0.29, 0.717) is 16.9 Å². The highest BCUT2D eigenvalue weighted by Crippen LogP contribution is 2.09. The van der Waals surface area contributed by atoms with E-state index in [1.54, 1.807) is 13.8 Å². The Hall–Kier alpha value is -0.970. The molecule has 0 fully saturated rings. The summed E-state index contributed by atoms with van der Waals surface area (Å²) < 4.78 is 5.33. The fraction of sp³-hybridized carbons (Fsp3) is 0.375. The number of halogens is 1. The Kier molecular flexibility index (Phi) is 3.36. The summed E-state index contributed by atoms with van der Waals surface area (Å²) in [7, 11) is 0. The number of carbonyl (C=O) groups is 1. The summed E-state index contributed by atoms with van der Waals surface area (Å²) in [4.78, 5) is 19.2. The first-order valence-electron chi connectivity index (χ1n) is 3.81. The third-order valence-electron chi connectivity index (χ3n) is 1.39. The molecule has 0 aliphatic rings. The third-order valence-corrected chi connectivity index (χ3v) is 1.78. The zero-order valence-electron chi connectivity index (χ0n) is 7.37. The van der Waals surface area contributed by atoms with Crippen molar-refractivity contribution < 1.29 is 9.53 Å². The highest BCUT2D eigenvalue weighted by molar-refractivity contribution is 9.10. The van der Waals surface area contributed by atoms with Crippen molar-refractivity contribution in [2.24, 2.45) is 0 Å². The van der Waals surface area contributed by atoms with Crippen LogP contribution in [0.3, 0.4) is 0 Å². The first kappa shape index (κ1) is 10.1. The molecule has 70 valence electrons. The Labute approximate surface area is 84.5 Å². The van der Waals surface area contributed by atoms with Crippen LogP contribution < -0.4 is 0 Å². The summed E-state index contributed by atoms with van der Waals surface area (Å²) in [5, 5.41) is 0.